The number of carbonyl (C=O) groups is 1. The highest BCUT2D eigenvalue weighted by atomic mass is 16.5. The van der Waals surface area contributed by atoms with E-state index in [0.29, 0.717) is 26.1 Å². The summed E-state index contributed by atoms with van der Waals surface area (Å²) in [5, 5.41) is 8.64. The molecule has 5 heteroatoms. The number of nitriles is 1. The summed E-state index contributed by atoms with van der Waals surface area (Å²) in [6.45, 7) is 3.26. The molecule has 0 bridgehead atoms. The van der Waals surface area contributed by atoms with Gasteiger partial charge in [0.2, 0.25) is 0 Å². The van der Waals surface area contributed by atoms with E-state index < -0.39 is 0 Å². The topological polar surface area (TPSA) is 56.6 Å². The SMILES string of the molecule is COCCN(CCC#N)C(=O)N1CCCCCC1. The number of rotatable bonds is 5. The van der Waals surface area contributed by atoms with E-state index in [1.165, 1.54) is 12.8 Å². The van der Waals surface area contributed by atoms with Crippen molar-refractivity contribution in [2.75, 3.05) is 39.9 Å². The van der Waals surface area contributed by atoms with Crippen LogP contribution in [0.3, 0.4) is 0 Å². The third-order valence-electron chi connectivity index (χ3n) is 3.21. The summed E-state index contributed by atoms with van der Waals surface area (Å²) in [4.78, 5) is 16.0. The molecular weight excluding hydrogens is 230 g/mol. The van der Waals surface area contributed by atoms with Crippen molar-refractivity contribution in [3.63, 3.8) is 0 Å². The Bertz CT molecular complexity index is 280. The van der Waals surface area contributed by atoms with E-state index in [2.05, 4.69) is 6.07 Å². The highest BCUT2D eigenvalue weighted by Crippen LogP contribution is 2.12. The monoisotopic (exact) mass is 253 g/mol. The molecule has 1 aliphatic heterocycles. The van der Waals surface area contributed by atoms with Gasteiger partial charge >= 0.3 is 6.03 Å². The Balaban J connectivity index is 2.52. The molecule has 102 valence electrons. The first-order chi connectivity index (χ1) is 8.79. The Labute approximate surface area is 109 Å². The van der Waals surface area contributed by atoms with Crippen LogP contribution in [0, 0.1) is 11.3 Å². The van der Waals surface area contributed by atoms with E-state index >= 15 is 0 Å². The predicted molar refractivity (Wildman–Crippen MR) is 69.1 cm³/mol. The molecule has 1 aliphatic rings. The number of urea groups is 1. The largest absolute Gasteiger partial charge is 0.383 e. The van der Waals surface area contributed by atoms with Crippen molar-refractivity contribution in [2.45, 2.75) is 32.1 Å². The van der Waals surface area contributed by atoms with Crippen molar-refractivity contribution < 1.29 is 9.53 Å². The third kappa shape index (κ3) is 4.92. The van der Waals surface area contributed by atoms with Gasteiger partial charge in [-0.2, -0.15) is 5.26 Å². The lowest BCUT2D eigenvalue weighted by molar-refractivity contribution is 0.127. The van der Waals surface area contributed by atoms with Crippen molar-refractivity contribution >= 4 is 6.03 Å². The first-order valence-electron chi connectivity index (χ1n) is 6.69. The van der Waals surface area contributed by atoms with Crippen LogP contribution in [0.15, 0.2) is 0 Å². The van der Waals surface area contributed by atoms with Gasteiger partial charge in [-0.1, -0.05) is 12.8 Å². The zero-order valence-electron chi connectivity index (χ0n) is 11.2. The van der Waals surface area contributed by atoms with Gasteiger partial charge in [0.25, 0.3) is 0 Å². The molecule has 0 unspecified atom stereocenters. The summed E-state index contributed by atoms with van der Waals surface area (Å²) < 4.78 is 5.02. The average Bonchev–Trinajstić information content (AvgIpc) is 2.67. The number of methoxy groups -OCH3 is 1. The lowest BCUT2D eigenvalue weighted by Gasteiger charge is -2.29. The zero-order valence-corrected chi connectivity index (χ0v) is 11.2. The molecule has 0 radical (unpaired) electrons. The third-order valence-corrected chi connectivity index (χ3v) is 3.21. The maximum atomic E-state index is 12.3. The fourth-order valence-corrected chi connectivity index (χ4v) is 2.15. The molecule has 0 saturated carbocycles. The van der Waals surface area contributed by atoms with Crippen LogP contribution in [0.1, 0.15) is 32.1 Å². The highest BCUT2D eigenvalue weighted by Gasteiger charge is 2.21. The van der Waals surface area contributed by atoms with Crippen LogP contribution >= 0.6 is 0 Å². The number of ether oxygens (including phenoxy) is 1. The van der Waals surface area contributed by atoms with Gasteiger partial charge in [0.1, 0.15) is 0 Å². The van der Waals surface area contributed by atoms with Crippen LogP contribution in [0.2, 0.25) is 0 Å². The fourth-order valence-electron chi connectivity index (χ4n) is 2.15. The molecule has 0 aliphatic carbocycles. The number of carbonyl (C=O) groups excluding carboxylic acids is 1. The maximum Gasteiger partial charge on any atom is 0.320 e. The molecule has 1 rings (SSSR count). The molecule has 0 aromatic heterocycles. The second-order valence-electron chi connectivity index (χ2n) is 4.57. The highest BCUT2D eigenvalue weighted by molar-refractivity contribution is 5.74. The van der Waals surface area contributed by atoms with Gasteiger partial charge in [-0.25, -0.2) is 4.79 Å². The summed E-state index contributed by atoms with van der Waals surface area (Å²) in [5.41, 5.74) is 0. The van der Waals surface area contributed by atoms with Crippen molar-refractivity contribution in [1.82, 2.24) is 9.80 Å². The first kappa shape index (κ1) is 14.8. The Morgan fingerprint density at radius 3 is 2.50 bits per heavy atom. The van der Waals surface area contributed by atoms with E-state index in [1.807, 2.05) is 4.90 Å². The lowest BCUT2D eigenvalue weighted by Crippen LogP contribution is -2.45. The van der Waals surface area contributed by atoms with E-state index in [4.69, 9.17) is 10.00 Å². The molecule has 0 aromatic carbocycles. The molecule has 18 heavy (non-hydrogen) atoms. The molecule has 0 N–H and O–H groups in total. The summed E-state index contributed by atoms with van der Waals surface area (Å²) >= 11 is 0. The van der Waals surface area contributed by atoms with Crippen molar-refractivity contribution in [1.29, 1.82) is 5.26 Å². The fraction of sp³-hybridized carbons (Fsp3) is 0.846. The molecule has 1 saturated heterocycles. The minimum absolute atomic E-state index is 0.0594. The Hall–Kier alpha value is -1.28. The Morgan fingerprint density at radius 1 is 1.28 bits per heavy atom. The van der Waals surface area contributed by atoms with E-state index in [0.717, 1.165) is 25.9 Å². The van der Waals surface area contributed by atoms with Crippen LogP contribution in [0.4, 0.5) is 4.79 Å². The number of hydrogen-bond acceptors (Lipinski definition) is 3. The zero-order chi connectivity index (χ0) is 13.2. The second kappa shape index (κ2) is 8.76. The smallest absolute Gasteiger partial charge is 0.320 e. The quantitative estimate of drug-likeness (QED) is 0.751. The lowest BCUT2D eigenvalue weighted by atomic mass is 10.2. The second-order valence-corrected chi connectivity index (χ2v) is 4.57. The van der Waals surface area contributed by atoms with Crippen LogP contribution in [0.25, 0.3) is 0 Å². The maximum absolute atomic E-state index is 12.3. The molecule has 2 amide bonds. The first-order valence-corrected chi connectivity index (χ1v) is 6.69. The number of hydrogen-bond donors (Lipinski definition) is 0. The van der Waals surface area contributed by atoms with Crippen LogP contribution in [-0.4, -0.2) is 55.7 Å². The molecular formula is C13H23N3O2. The number of amides is 2. The molecule has 5 nitrogen and oxygen atoms in total. The minimum atomic E-state index is 0.0594. The summed E-state index contributed by atoms with van der Waals surface area (Å²) in [6.07, 6.45) is 4.97. The standard InChI is InChI=1S/C13H23N3O2/c1-18-12-11-16(10-6-7-14)13(17)15-8-4-2-3-5-9-15/h2-6,8-12H2,1H3. The van der Waals surface area contributed by atoms with Crippen molar-refractivity contribution in [3.05, 3.63) is 0 Å². The Kier molecular flexibility index (Phi) is 7.19. The average molecular weight is 253 g/mol. The van der Waals surface area contributed by atoms with Crippen LogP contribution in [0.5, 0.6) is 0 Å². The minimum Gasteiger partial charge on any atom is -0.383 e. The van der Waals surface area contributed by atoms with Gasteiger partial charge in [0.15, 0.2) is 0 Å². The number of likely N-dealkylation sites (tertiary alicyclic amines) is 1. The van der Waals surface area contributed by atoms with Gasteiger partial charge < -0.3 is 14.5 Å². The van der Waals surface area contributed by atoms with Crippen molar-refractivity contribution in [3.8, 4) is 6.07 Å². The van der Waals surface area contributed by atoms with E-state index in [9.17, 15) is 4.79 Å². The molecule has 1 heterocycles. The molecule has 0 atom stereocenters. The molecule has 1 fully saturated rings. The van der Waals surface area contributed by atoms with Gasteiger partial charge in [0.05, 0.1) is 19.1 Å². The van der Waals surface area contributed by atoms with Gasteiger partial charge in [-0.3, -0.25) is 0 Å². The van der Waals surface area contributed by atoms with Gasteiger partial charge in [-0.15, -0.1) is 0 Å². The van der Waals surface area contributed by atoms with Gasteiger partial charge in [0, 0.05) is 33.3 Å². The predicted octanol–water partition coefficient (Wildman–Crippen LogP) is 1.84. The summed E-state index contributed by atoms with van der Waals surface area (Å²) in [7, 11) is 1.62. The van der Waals surface area contributed by atoms with E-state index in [-0.39, 0.29) is 6.03 Å². The summed E-state index contributed by atoms with van der Waals surface area (Å²) in [6, 6.07) is 2.15. The van der Waals surface area contributed by atoms with Crippen LogP contribution in [-0.2, 0) is 4.74 Å². The van der Waals surface area contributed by atoms with E-state index in [1.54, 1.807) is 12.0 Å². The van der Waals surface area contributed by atoms with Crippen LogP contribution < -0.4 is 0 Å². The van der Waals surface area contributed by atoms with Crippen molar-refractivity contribution in [2.24, 2.45) is 0 Å². The summed E-state index contributed by atoms with van der Waals surface area (Å²) in [5.74, 6) is 0. The van der Waals surface area contributed by atoms with Gasteiger partial charge in [-0.05, 0) is 12.8 Å². The normalized spacial score (nSPS) is 15.9. The number of nitrogens with zero attached hydrogens (tertiary/aromatic N) is 3. The Morgan fingerprint density at radius 2 is 1.94 bits per heavy atom. The molecule has 0 aromatic rings. The molecule has 0 spiro atoms.